The number of ether oxygens (including phenoxy) is 2. The van der Waals surface area contributed by atoms with Gasteiger partial charge in [-0.2, -0.15) is 0 Å². The van der Waals surface area contributed by atoms with Crippen LogP contribution in [0.4, 0.5) is 10.1 Å². The molecule has 2 N–H and O–H groups in total. The monoisotopic (exact) mass is 291 g/mol. The van der Waals surface area contributed by atoms with E-state index in [1.807, 2.05) is 0 Å². The van der Waals surface area contributed by atoms with Crippen molar-refractivity contribution in [2.24, 2.45) is 0 Å². The second-order valence-corrected chi connectivity index (χ2v) is 4.54. The van der Waals surface area contributed by atoms with E-state index in [-0.39, 0.29) is 12.4 Å². The zero-order chi connectivity index (χ0) is 15.2. The summed E-state index contributed by atoms with van der Waals surface area (Å²) >= 11 is 0. The summed E-state index contributed by atoms with van der Waals surface area (Å²) in [7, 11) is 3.12. The minimum Gasteiger partial charge on any atom is -0.497 e. The maximum Gasteiger partial charge on any atom is 0.125 e. The third-order valence-corrected chi connectivity index (χ3v) is 3.12. The summed E-state index contributed by atoms with van der Waals surface area (Å²) in [5.74, 6) is 0.924. The molecule has 0 heterocycles. The summed E-state index contributed by atoms with van der Waals surface area (Å²) in [5, 5.41) is 12.7. The molecule has 5 heteroatoms. The number of anilines is 1. The van der Waals surface area contributed by atoms with E-state index in [1.165, 1.54) is 12.1 Å². The lowest BCUT2D eigenvalue weighted by atomic mass is 10.1. The van der Waals surface area contributed by atoms with Crippen molar-refractivity contribution in [3.63, 3.8) is 0 Å². The van der Waals surface area contributed by atoms with Crippen LogP contribution < -0.4 is 14.8 Å². The molecule has 0 saturated heterocycles. The molecule has 0 amide bonds. The molecule has 0 spiro atoms. The van der Waals surface area contributed by atoms with Gasteiger partial charge >= 0.3 is 0 Å². The number of aliphatic hydroxyl groups is 1. The molecule has 2 rings (SSSR count). The largest absolute Gasteiger partial charge is 0.497 e. The minimum absolute atomic E-state index is 0.146. The number of halogens is 1. The quantitative estimate of drug-likeness (QED) is 0.859. The van der Waals surface area contributed by atoms with Crippen molar-refractivity contribution in [1.29, 1.82) is 0 Å². The lowest BCUT2D eigenvalue weighted by molar-refractivity contribution is 0.275. The fourth-order valence-corrected chi connectivity index (χ4v) is 2.04. The maximum atomic E-state index is 13.2. The molecule has 0 saturated carbocycles. The van der Waals surface area contributed by atoms with E-state index in [0.29, 0.717) is 17.2 Å². The van der Waals surface area contributed by atoms with Crippen molar-refractivity contribution in [1.82, 2.24) is 0 Å². The van der Waals surface area contributed by atoms with Crippen LogP contribution in [0.15, 0.2) is 42.5 Å². The van der Waals surface area contributed by atoms with Crippen molar-refractivity contribution in [2.45, 2.75) is 6.04 Å². The predicted octanol–water partition coefficient (Wildman–Crippen LogP) is 2.99. The van der Waals surface area contributed by atoms with E-state index in [1.54, 1.807) is 44.6 Å². The first-order chi connectivity index (χ1) is 10.2. The van der Waals surface area contributed by atoms with Crippen LogP contribution in [-0.2, 0) is 0 Å². The van der Waals surface area contributed by atoms with Crippen molar-refractivity contribution < 1.29 is 19.0 Å². The van der Waals surface area contributed by atoms with Crippen LogP contribution in [0.1, 0.15) is 11.6 Å². The fraction of sp³-hybridized carbons (Fsp3) is 0.250. The first kappa shape index (κ1) is 15.1. The van der Waals surface area contributed by atoms with Crippen LogP contribution in [0.25, 0.3) is 0 Å². The van der Waals surface area contributed by atoms with Gasteiger partial charge in [-0.25, -0.2) is 4.39 Å². The molecule has 2 aromatic rings. The Morgan fingerprint density at radius 3 is 2.29 bits per heavy atom. The second-order valence-electron chi connectivity index (χ2n) is 4.54. The van der Waals surface area contributed by atoms with Crippen LogP contribution in [0.5, 0.6) is 11.5 Å². The summed E-state index contributed by atoms with van der Waals surface area (Å²) in [6, 6.07) is 11.1. The van der Waals surface area contributed by atoms with Gasteiger partial charge in [0.1, 0.15) is 17.3 Å². The van der Waals surface area contributed by atoms with Gasteiger partial charge in [0.15, 0.2) is 0 Å². The molecule has 0 fully saturated rings. The van der Waals surface area contributed by atoms with E-state index in [2.05, 4.69) is 5.32 Å². The average Bonchev–Trinajstić information content (AvgIpc) is 2.52. The molecule has 1 unspecified atom stereocenters. The molecule has 0 radical (unpaired) electrons. The SMILES string of the molecule is COc1cc(OC)cc(C(CO)Nc2cccc(F)c2)c1. The molecule has 0 bridgehead atoms. The Hall–Kier alpha value is -2.27. The summed E-state index contributed by atoms with van der Waals surface area (Å²) < 4.78 is 23.6. The van der Waals surface area contributed by atoms with Crippen molar-refractivity contribution in [2.75, 3.05) is 26.1 Å². The van der Waals surface area contributed by atoms with E-state index in [4.69, 9.17) is 9.47 Å². The molecule has 4 nitrogen and oxygen atoms in total. The summed E-state index contributed by atoms with van der Waals surface area (Å²) in [6.07, 6.45) is 0. The first-order valence-corrected chi connectivity index (χ1v) is 6.52. The van der Waals surface area contributed by atoms with Gasteiger partial charge in [-0.3, -0.25) is 0 Å². The standard InChI is InChI=1S/C16H18FNO3/c1-20-14-6-11(7-15(9-14)21-2)16(10-19)18-13-5-3-4-12(17)8-13/h3-9,16,18-19H,10H2,1-2H3. The Morgan fingerprint density at radius 1 is 1.10 bits per heavy atom. The molecule has 21 heavy (non-hydrogen) atoms. The van der Waals surface area contributed by atoms with E-state index in [9.17, 15) is 9.50 Å². The number of aliphatic hydroxyl groups excluding tert-OH is 1. The predicted molar refractivity (Wildman–Crippen MR) is 79.4 cm³/mol. The van der Waals surface area contributed by atoms with E-state index < -0.39 is 6.04 Å². The number of hydrogen-bond acceptors (Lipinski definition) is 4. The van der Waals surface area contributed by atoms with Gasteiger partial charge in [-0.05, 0) is 35.9 Å². The normalized spacial score (nSPS) is 11.8. The number of hydrogen-bond donors (Lipinski definition) is 2. The first-order valence-electron chi connectivity index (χ1n) is 6.52. The third-order valence-electron chi connectivity index (χ3n) is 3.12. The highest BCUT2D eigenvalue weighted by atomic mass is 19.1. The van der Waals surface area contributed by atoms with Crippen LogP contribution in [0.2, 0.25) is 0 Å². The molecule has 0 aliphatic heterocycles. The van der Waals surface area contributed by atoms with Crippen LogP contribution in [0.3, 0.4) is 0 Å². The van der Waals surface area contributed by atoms with Gasteiger partial charge in [0.2, 0.25) is 0 Å². The average molecular weight is 291 g/mol. The second kappa shape index (κ2) is 6.95. The van der Waals surface area contributed by atoms with Gasteiger partial charge in [0, 0.05) is 11.8 Å². The smallest absolute Gasteiger partial charge is 0.125 e. The Balaban J connectivity index is 2.28. The van der Waals surface area contributed by atoms with Crippen LogP contribution in [-0.4, -0.2) is 25.9 Å². The fourth-order valence-electron chi connectivity index (χ4n) is 2.04. The molecule has 0 aliphatic rings. The Labute approximate surface area is 123 Å². The summed E-state index contributed by atoms with van der Waals surface area (Å²) in [5.41, 5.74) is 1.38. The van der Waals surface area contributed by atoms with E-state index in [0.717, 1.165) is 5.56 Å². The Kier molecular flexibility index (Phi) is 5.00. The molecule has 0 aromatic heterocycles. The third kappa shape index (κ3) is 3.86. The zero-order valence-corrected chi connectivity index (χ0v) is 12.0. The Morgan fingerprint density at radius 2 is 1.76 bits per heavy atom. The number of nitrogens with one attached hydrogen (secondary N) is 1. The molecule has 0 aliphatic carbocycles. The number of benzene rings is 2. The van der Waals surface area contributed by atoms with Crippen molar-refractivity contribution in [3.8, 4) is 11.5 Å². The minimum atomic E-state index is -0.393. The van der Waals surface area contributed by atoms with Crippen LogP contribution in [0, 0.1) is 5.82 Å². The number of rotatable bonds is 6. The molecule has 112 valence electrons. The zero-order valence-electron chi connectivity index (χ0n) is 12.0. The lowest BCUT2D eigenvalue weighted by Gasteiger charge is -2.19. The number of methoxy groups -OCH3 is 2. The maximum absolute atomic E-state index is 13.2. The van der Waals surface area contributed by atoms with Gasteiger partial charge in [-0.1, -0.05) is 6.07 Å². The van der Waals surface area contributed by atoms with Crippen LogP contribution >= 0.6 is 0 Å². The Bertz CT molecular complexity index is 582. The van der Waals surface area contributed by atoms with E-state index >= 15 is 0 Å². The van der Waals surface area contributed by atoms with Gasteiger partial charge in [0.05, 0.1) is 26.9 Å². The summed E-state index contributed by atoms with van der Waals surface area (Å²) in [4.78, 5) is 0. The molecular formula is C16H18FNO3. The lowest BCUT2D eigenvalue weighted by Crippen LogP contribution is -2.15. The highest BCUT2D eigenvalue weighted by molar-refractivity contribution is 5.48. The highest BCUT2D eigenvalue weighted by Crippen LogP contribution is 2.28. The van der Waals surface area contributed by atoms with Gasteiger partial charge in [-0.15, -0.1) is 0 Å². The van der Waals surface area contributed by atoms with Gasteiger partial charge in [0.25, 0.3) is 0 Å². The molecule has 2 aromatic carbocycles. The summed E-state index contributed by atoms with van der Waals surface area (Å²) in [6.45, 7) is -0.146. The molecular weight excluding hydrogens is 273 g/mol. The van der Waals surface area contributed by atoms with Gasteiger partial charge < -0.3 is 19.9 Å². The topological polar surface area (TPSA) is 50.7 Å². The van der Waals surface area contributed by atoms with Crippen molar-refractivity contribution in [3.05, 3.63) is 53.8 Å². The molecule has 1 atom stereocenters. The van der Waals surface area contributed by atoms with Crippen molar-refractivity contribution >= 4 is 5.69 Å². The highest BCUT2D eigenvalue weighted by Gasteiger charge is 2.13.